The van der Waals surface area contributed by atoms with Crippen LogP contribution in [0.15, 0.2) is 24.3 Å². The number of rotatable bonds is 5. The Kier molecular flexibility index (Phi) is 5.77. The number of esters is 1. The smallest absolute Gasteiger partial charge is 0.310 e. The average Bonchev–Trinajstić information content (AvgIpc) is 2.73. The van der Waals surface area contributed by atoms with E-state index in [1.165, 1.54) is 0 Å². The van der Waals surface area contributed by atoms with Crippen LogP contribution >= 0.6 is 12.2 Å². The van der Waals surface area contributed by atoms with E-state index >= 15 is 0 Å². The van der Waals surface area contributed by atoms with Gasteiger partial charge < -0.3 is 20.1 Å². The number of anilines is 1. The highest BCUT2D eigenvalue weighted by Gasteiger charge is 2.40. The summed E-state index contributed by atoms with van der Waals surface area (Å²) in [5, 5.41) is 5.70. The molecule has 1 amide bonds. The van der Waals surface area contributed by atoms with Gasteiger partial charge in [-0.1, -0.05) is 0 Å². The maximum atomic E-state index is 12.0. The molecular weight excluding hydrogens is 328 g/mol. The van der Waals surface area contributed by atoms with Crippen molar-refractivity contribution in [2.45, 2.75) is 39.2 Å². The molecule has 130 valence electrons. The summed E-state index contributed by atoms with van der Waals surface area (Å²) in [6, 6.07) is 7.24. The van der Waals surface area contributed by atoms with Gasteiger partial charge in [-0.3, -0.25) is 9.59 Å². The van der Waals surface area contributed by atoms with Crippen molar-refractivity contribution in [1.29, 1.82) is 0 Å². The quantitative estimate of drug-likeness (QED) is 0.628. The van der Waals surface area contributed by atoms with Gasteiger partial charge in [0.2, 0.25) is 5.91 Å². The summed E-state index contributed by atoms with van der Waals surface area (Å²) in [6.45, 7) is 6.18. The Morgan fingerprint density at radius 2 is 2.04 bits per heavy atom. The van der Waals surface area contributed by atoms with E-state index < -0.39 is 11.5 Å². The Bertz CT molecular complexity index is 628. The largest absolute Gasteiger partial charge is 0.494 e. The molecule has 1 aromatic rings. The summed E-state index contributed by atoms with van der Waals surface area (Å²) in [7, 11) is 0. The molecule has 0 radical (unpaired) electrons. The first-order valence-corrected chi connectivity index (χ1v) is 8.26. The van der Waals surface area contributed by atoms with Gasteiger partial charge in [0.05, 0.1) is 12.5 Å². The molecule has 1 saturated heterocycles. The number of amides is 1. The van der Waals surface area contributed by atoms with Gasteiger partial charge in [0, 0.05) is 18.5 Å². The van der Waals surface area contributed by atoms with Crippen LogP contribution in [0.2, 0.25) is 0 Å². The lowest BCUT2D eigenvalue weighted by molar-refractivity contribution is -0.149. The van der Waals surface area contributed by atoms with Gasteiger partial charge in [-0.2, -0.15) is 0 Å². The van der Waals surface area contributed by atoms with Crippen LogP contribution in [-0.2, 0) is 14.3 Å². The maximum absolute atomic E-state index is 12.0. The van der Waals surface area contributed by atoms with Crippen LogP contribution in [0.5, 0.6) is 5.75 Å². The van der Waals surface area contributed by atoms with Crippen LogP contribution in [0.1, 0.15) is 33.6 Å². The zero-order chi connectivity index (χ0) is 17.7. The van der Waals surface area contributed by atoms with Crippen molar-refractivity contribution in [2.24, 2.45) is 5.92 Å². The second-order valence-electron chi connectivity index (χ2n) is 6.25. The Morgan fingerprint density at radius 3 is 2.58 bits per heavy atom. The molecule has 0 bridgehead atoms. The molecule has 0 spiro atoms. The highest BCUT2D eigenvalue weighted by atomic mass is 32.1. The molecule has 1 aromatic carbocycles. The minimum atomic E-state index is -0.511. The molecule has 0 aromatic heterocycles. The van der Waals surface area contributed by atoms with Crippen LogP contribution < -0.4 is 15.4 Å². The summed E-state index contributed by atoms with van der Waals surface area (Å²) in [6.07, 6.45) is 0.589. The van der Waals surface area contributed by atoms with Gasteiger partial charge in [0.15, 0.2) is 5.11 Å². The molecule has 1 aliphatic heterocycles. The number of carbonyl (C=O) groups is 2. The van der Waals surface area contributed by atoms with E-state index in [9.17, 15) is 9.59 Å². The van der Waals surface area contributed by atoms with E-state index in [2.05, 4.69) is 10.6 Å². The number of ether oxygens (including phenoxy) is 2. The van der Waals surface area contributed by atoms with E-state index in [4.69, 9.17) is 21.7 Å². The molecule has 0 aliphatic carbocycles. The van der Waals surface area contributed by atoms with Crippen molar-refractivity contribution in [1.82, 2.24) is 5.32 Å². The summed E-state index contributed by atoms with van der Waals surface area (Å²) in [4.78, 5) is 23.8. The molecule has 1 heterocycles. The molecule has 1 unspecified atom stereocenters. The van der Waals surface area contributed by atoms with Gasteiger partial charge in [0.1, 0.15) is 11.4 Å². The lowest BCUT2D eigenvalue weighted by Crippen LogP contribution is -2.35. The van der Waals surface area contributed by atoms with Crippen molar-refractivity contribution in [3.8, 4) is 5.75 Å². The van der Waals surface area contributed by atoms with Gasteiger partial charge in [0.25, 0.3) is 0 Å². The van der Waals surface area contributed by atoms with Gasteiger partial charge in [-0.05, 0) is 57.3 Å². The third-order valence-corrected chi connectivity index (χ3v) is 3.76. The van der Waals surface area contributed by atoms with E-state index in [1.54, 1.807) is 12.1 Å². The fourth-order valence-corrected chi connectivity index (χ4v) is 2.83. The lowest BCUT2D eigenvalue weighted by atomic mass is 9.95. The predicted octanol–water partition coefficient (Wildman–Crippen LogP) is 2.63. The highest BCUT2D eigenvalue weighted by Crippen LogP contribution is 2.32. The maximum Gasteiger partial charge on any atom is 0.310 e. The zero-order valence-corrected chi connectivity index (χ0v) is 14.9. The topological polar surface area (TPSA) is 76.7 Å². The van der Waals surface area contributed by atoms with E-state index in [-0.39, 0.29) is 23.4 Å². The Balaban J connectivity index is 1.81. The van der Waals surface area contributed by atoms with E-state index in [0.717, 1.165) is 11.4 Å². The first kappa shape index (κ1) is 18.2. The molecule has 2 N–H and O–H groups in total. The standard InChI is InChI=1S/C17H22N2O4S/c1-4-22-13-7-5-12(6-8-13)18-16(24)19-14(20)9-11-10-17(2,3)23-15(11)21/h5-8,11H,4,9-10H2,1-3H3,(H2,18,19,20,24). The van der Waals surface area contributed by atoms with Crippen molar-refractivity contribution >= 4 is 34.9 Å². The number of nitrogens with one attached hydrogen (secondary N) is 2. The summed E-state index contributed by atoms with van der Waals surface area (Å²) < 4.78 is 10.6. The van der Waals surface area contributed by atoms with E-state index in [1.807, 2.05) is 32.9 Å². The van der Waals surface area contributed by atoms with E-state index in [0.29, 0.717) is 13.0 Å². The number of benzene rings is 1. The van der Waals surface area contributed by atoms with Gasteiger partial charge >= 0.3 is 5.97 Å². The Labute approximate surface area is 146 Å². The molecule has 0 saturated carbocycles. The third kappa shape index (κ3) is 5.19. The van der Waals surface area contributed by atoms with Crippen LogP contribution in [0.3, 0.4) is 0 Å². The van der Waals surface area contributed by atoms with Crippen LogP contribution in [0.25, 0.3) is 0 Å². The molecule has 2 rings (SSSR count). The van der Waals surface area contributed by atoms with Gasteiger partial charge in [-0.15, -0.1) is 0 Å². The normalized spacial score (nSPS) is 18.6. The second-order valence-corrected chi connectivity index (χ2v) is 6.65. The SMILES string of the molecule is CCOc1ccc(NC(=S)NC(=O)CC2CC(C)(C)OC2=O)cc1. The first-order chi connectivity index (χ1) is 11.3. The number of thiocarbonyl (C=S) groups is 1. The van der Waals surface area contributed by atoms with Crippen molar-refractivity contribution < 1.29 is 19.1 Å². The number of hydrogen-bond acceptors (Lipinski definition) is 5. The summed E-state index contributed by atoms with van der Waals surface area (Å²) >= 11 is 5.12. The second kappa shape index (κ2) is 7.61. The number of carbonyl (C=O) groups excluding carboxylic acids is 2. The highest BCUT2D eigenvalue weighted by molar-refractivity contribution is 7.80. The lowest BCUT2D eigenvalue weighted by Gasteiger charge is -2.14. The number of hydrogen-bond donors (Lipinski definition) is 2. The van der Waals surface area contributed by atoms with Crippen molar-refractivity contribution in [3.63, 3.8) is 0 Å². The van der Waals surface area contributed by atoms with Crippen LogP contribution in [0, 0.1) is 5.92 Å². The van der Waals surface area contributed by atoms with Crippen LogP contribution in [0.4, 0.5) is 5.69 Å². The zero-order valence-electron chi connectivity index (χ0n) is 14.0. The summed E-state index contributed by atoms with van der Waals surface area (Å²) in [5.74, 6) is -0.299. The van der Waals surface area contributed by atoms with Crippen LogP contribution in [-0.4, -0.2) is 29.2 Å². The fraction of sp³-hybridized carbons (Fsp3) is 0.471. The average molecular weight is 350 g/mol. The fourth-order valence-electron chi connectivity index (χ4n) is 2.59. The van der Waals surface area contributed by atoms with Gasteiger partial charge in [-0.25, -0.2) is 0 Å². The molecule has 1 atom stereocenters. The minimum absolute atomic E-state index is 0.0629. The molecule has 1 aliphatic rings. The minimum Gasteiger partial charge on any atom is -0.494 e. The first-order valence-electron chi connectivity index (χ1n) is 7.85. The Morgan fingerprint density at radius 1 is 1.38 bits per heavy atom. The molecule has 24 heavy (non-hydrogen) atoms. The van der Waals surface area contributed by atoms with Crippen molar-refractivity contribution in [2.75, 3.05) is 11.9 Å². The Hall–Kier alpha value is -2.15. The third-order valence-electron chi connectivity index (χ3n) is 3.56. The summed E-state index contributed by atoms with van der Waals surface area (Å²) in [5.41, 5.74) is 0.230. The predicted molar refractivity (Wildman–Crippen MR) is 94.9 cm³/mol. The monoisotopic (exact) mass is 350 g/mol. The molecule has 6 nitrogen and oxygen atoms in total. The number of cyclic esters (lactones) is 1. The van der Waals surface area contributed by atoms with Crippen molar-refractivity contribution in [3.05, 3.63) is 24.3 Å². The molecular formula is C17H22N2O4S. The molecule has 7 heteroatoms. The molecule has 1 fully saturated rings.